The Morgan fingerprint density at radius 1 is 1.12 bits per heavy atom. The minimum absolute atomic E-state index is 0.398. The second-order valence-corrected chi connectivity index (χ2v) is 5.88. The summed E-state index contributed by atoms with van der Waals surface area (Å²) >= 11 is 0. The maximum absolute atomic E-state index is 12.3. The number of hydrogen-bond donors (Lipinski definition) is 2. The number of amides is 2. The third kappa shape index (κ3) is 3.67. The average Bonchev–Trinajstić information content (AvgIpc) is 3.02. The molecule has 0 fully saturated rings. The first kappa shape index (κ1) is 17.5. The van der Waals surface area contributed by atoms with Crippen molar-refractivity contribution in [3.63, 3.8) is 0 Å². The zero-order valence-corrected chi connectivity index (χ0v) is 14.4. The summed E-state index contributed by atoms with van der Waals surface area (Å²) in [6.07, 6.45) is 3.82. The van der Waals surface area contributed by atoms with Crippen molar-refractivity contribution in [1.29, 1.82) is 0 Å². The fraction of sp³-hybridized carbons (Fsp3) is 0.143. The molecule has 0 saturated heterocycles. The Morgan fingerprint density at radius 3 is 2.50 bits per heavy atom. The van der Waals surface area contributed by atoms with Gasteiger partial charge in [-0.05, 0) is 17.7 Å². The number of rotatable bonds is 6. The normalized spacial score (nSPS) is 12.3. The number of benzene rings is 2. The Balaban J connectivity index is 1.82. The number of aryl methyl sites for hydroxylation is 1. The first-order valence-corrected chi connectivity index (χ1v) is 8.43. The molecule has 26 heavy (non-hydrogen) atoms. The molecule has 1 aromatic heterocycles. The molecule has 3 aromatic rings. The molecule has 3 rings (SSSR count). The van der Waals surface area contributed by atoms with Gasteiger partial charge in [-0.2, -0.15) is 0 Å². The molecule has 0 aliphatic heterocycles. The smallest absolute Gasteiger partial charge is 0.244 e. The molecule has 0 aliphatic rings. The van der Waals surface area contributed by atoms with Crippen LogP contribution in [0.2, 0.25) is 0 Å². The van der Waals surface area contributed by atoms with Crippen molar-refractivity contribution in [3.8, 4) is 0 Å². The molecule has 2 aromatic carbocycles. The summed E-state index contributed by atoms with van der Waals surface area (Å²) in [6, 6.07) is 15.7. The number of nitrogens with one attached hydrogen (secondary N) is 1. The molecular formula is C21H20N2O3. The monoisotopic (exact) mass is 348 g/mol. The molecule has 0 radical (unpaired) electrons. The minimum Gasteiger partial charge on any atom is -0.460 e. The lowest BCUT2D eigenvalue weighted by molar-refractivity contribution is -0.125. The fourth-order valence-electron chi connectivity index (χ4n) is 2.88. The summed E-state index contributed by atoms with van der Waals surface area (Å²) in [6.45, 7) is 1.99. The van der Waals surface area contributed by atoms with Crippen LogP contribution in [0.15, 0.2) is 65.1 Å². The van der Waals surface area contributed by atoms with Crippen LogP contribution in [0, 0.1) is 0 Å². The average molecular weight is 348 g/mol. The van der Waals surface area contributed by atoms with Crippen molar-refractivity contribution in [2.45, 2.75) is 19.4 Å². The number of primary amides is 1. The van der Waals surface area contributed by atoms with Crippen LogP contribution in [-0.2, 0) is 16.0 Å². The second kappa shape index (κ2) is 7.70. The summed E-state index contributed by atoms with van der Waals surface area (Å²) in [7, 11) is 0. The van der Waals surface area contributed by atoms with Crippen LogP contribution >= 0.6 is 0 Å². The molecule has 2 amide bonds. The molecule has 0 unspecified atom stereocenters. The van der Waals surface area contributed by atoms with Crippen LogP contribution in [0.25, 0.3) is 17.0 Å². The second-order valence-electron chi connectivity index (χ2n) is 5.88. The maximum atomic E-state index is 12.3. The van der Waals surface area contributed by atoms with Gasteiger partial charge in [0.25, 0.3) is 0 Å². The van der Waals surface area contributed by atoms with Crippen molar-refractivity contribution in [2.75, 3.05) is 0 Å². The van der Waals surface area contributed by atoms with Crippen LogP contribution in [0.3, 0.4) is 0 Å². The van der Waals surface area contributed by atoms with Crippen LogP contribution in [0.4, 0.5) is 0 Å². The van der Waals surface area contributed by atoms with Gasteiger partial charge in [0.15, 0.2) is 0 Å². The SMILES string of the molecule is CCc1oc2ccccc2c1/C=C\C(=O)N[C@@H](C(N)=O)c1ccccc1. The Bertz CT molecular complexity index is 958. The summed E-state index contributed by atoms with van der Waals surface area (Å²) < 4.78 is 5.81. The predicted molar refractivity (Wildman–Crippen MR) is 101 cm³/mol. The number of fused-ring (bicyclic) bond motifs is 1. The van der Waals surface area contributed by atoms with Gasteiger partial charge in [-0.25, -0.2) is 0 Å². The highest BCUT2D eigenvalue weighted by atomic mass is 16.3. The first-order chi connectivity index (χ1) is 12.6. The highest BCUT2D eigenvalue weighted by Crippen LogP contribution is 2.27. The van der Waals surface area contributed by atoms with Gasteiger partial charge in [0, 0.05) is 23.4 Å². The fourth-order valence-corrected chi connectivity index (χ4v) is 2.88. The van der Waals surface area contributed by atoms with E-state index in [2.05, 4.69) is 5.32 Å². The van der Waals surface area contributed by atoms with Crippen molar-refractivity contribution >= 4 is 28.9 Å². The van der Waals surface area contributed by atoms with Crippen molar-refractivity contribution in [1.82, 2.24) is 5.32 Å². The van der Waals surface area contributed by atoms with E-state index in [0.29, 0.717) is 12.0 Å². The molecule has 1 heterocycles. The Morgan fingerprint density at radius 2 is 1.81 bits per heavy atom. The van der Waals surface area contributed by atoms with Crippen LogP contribution in [-0.4, -0.2) is 11.8 Å². The molecule has 5 heteroatoms. The van der Waals surface area contributed by atoms with Crippen LogP contribution in [0.5, 0.6) is 0 Å². The minimum atomic E-state index is -0.875. The maximum Gasteiger partial charge on any atom is 0.244 e. The lowest BCUT2D eigenvalue weighted by Crippen LogP contribution is -2.36. The van der Waals surface area contributed by atoms with E-state index in [1.807, 2.05) is 37.3 Å². The summed E-state index contributed by atoms with van der Waals surface area (Å²) in [5.74, 6) is -0.198. The van der Waals surface area contributed by atoms with Crippen molar-refractivity contribution < 1.29 is 14.0 Å². The molecule has 5 nitrogen and oxygen atoms in total. The van der Waals surface area contributed by atoms with Gasteiger partial charge < -0.3 is 15.5 Å². The van der Waals surface area contributed by atoms with Crippen molar-refractivity contribution in [3.05, 3.63) is 77.6 Å². The number of para-hydroxylation sites is 1. The standard InChI is InChI=1S/C21H20N2O3/c1-2-17-16(15-10-6-7-11-18(15)26-17)12-13-19(24)23-20(21(22)25)14-8-4-3-5-9-14/h3-13,20H,2H2,1H3,(H2,22,25)(H,23,24)/b13-12-/t20-/m1/s1. The van der Waals surface area contributed by atoms with Gasteiger partial charge in [-0.3, -0.25) is 9.59 Å². The largest absolute Gasteiger partial charge is 0.460 e. The van der Waals surface area contributed by atoms with Gasteiger partial charge in [-0.15, -0.1) is 0 Å². The summed E-state index contributed by atoms with van der Waals surface area (Å²) in [5, 5.41) is 3.60. The zero-order chi connectivity index (χ0) is 18.5. The molecule has 0 spiro atoms. The van der Waals surface area contributed by atoms with Crippen molar-refractivity contribution in [2.24, 2.45) is 5.73 Å². The topological polar surface area (TPSA) is 85.3 Å². The number of carbonyl (C=O) groups is 2. The van der Waals surface area contributed by atoms with E-state index in [4.69, 9.17) is 10.2 Å². The Kier molecular flexibility index (Phi) is 5.17. The van der Waals surface area contributed by atoms with Crippen LogP contribution in [0.1, 0.15) is 29.9 Å². The lowest BCUT2D eigenvalue weighted by atomic mass is 10.1. The zero-order valence-electron chi connectivity index (χ0n) is 14.4. The third-order valence-corrected chi connectivity index (χ3v) is 4.14. The molecule has 0 saturated carbocycles. The highest BCUT2D eigenvalue weighted by molar-refractivity contribution is 5.98. The Labute approximate surface area is 151 Å². The van der Waals surface area contributed by atoms with E-state index in [1.54, 1.807) is 30.3 Å². The predicted octanol–water partition coefficient (Wildman–Crippen LogP) is 3.35. The molecule has 132 valence electrons. The summed E-state index contributed by atoms with van der Waals surface area (Å²) in [5.41, 5.74) is 7.73. The number of carbonyl (C=O) groups excluding carboxylic acids is 2. The number of hydrogen-bond acceptors (Lipinski definition) is 3. The molecular weight excluding hydrogens is 328 g/mol. The van der Waals surface area contributed by atoms with E-state index < -0.39 is 17.9 Å². The van der Waals surface area contributed by atoms with E-state index >= 15 is 0 Å². The first-order valence-electron chi connectivity index (χ1n) is 8.43. The number of nitrogens with two attached hydrogens (primary N) is 1. The summed E-state index contributed by atoms with van der Waals surface area (Å²) in [4.78, 5) is 24.0. The van der Waals surface area contributed by atoms with E-state index in [9.17, 15) is 9.59 Å². The van der Waals surface area contributed by atoms with Gasteiger partial charge in [-0.1, -0.05) is 55.5 Å². The third-order valence-electron chi connectivity index (χ3n) is 4.14. The van der Waals surface area contributed by atoms with E-state index in [0.717, 1.165) is 22.3 Å². The molecule has 3 N–H and O–H groups in total. The highest BCUT2D eigenvalue weighted by Gasteiger charge is 2.19. The van der Waals surface area contributed by atoms with Gasteiger partial charge in [0.2, 0.25) is 11.8 Å². The lowest BCUT2D eigenvalue weighted by Gasteiger charge is -2.14. The van der Waals surface area contributed by atoms with Gasteiger partial charge >= 0.3 is 0 Å². The van der Waals surface area contributed by atoms with Gasteiger partial charge in [0.1, 0.15) is 17.4 Å². The van der Waals surface area contributed by atoms with Gasteiger partial charge in [0.05, 0.1) is 0 Å². The Hall–Kier alpha value is -3.34. The molecule has 0 bridgehead atoms. The molecule has 0 aliphatic carbocycles. The quantitative estimate of drug-likeness (QED) is 0.670. The van der Waals surface area contributed by atoms with Crippen LogP contribution < -0.4 is 11.1 Å². The molecule has 1 atom stereocenters. The van der Waals surface area contributed by atoms with E-state index in [1.165, 1.54) is 6.08 Å². The number of furan rings is 1. The van der Waals surface area contributed by atoms with E-state index in [-0.39, 0.29) is 0 Å².